The predicted molar refractivity (Wildman–Crippen MR) is 82.7 cm³/mol. The molecular formula is C13H18BrN3O2S. The normalized spacial score (nSPS) is 18.9. The highest BCUT2D eigenvalue weighted by Crippen LogP contribution is 2.24. The van der Waals surface area contributed by atoms with E-state index in [2.05, 4.69) is 21.2 Å². The average molecular weight is 360 g/mol. The second-order valence-electron chi connectivity index (χ2n) is 4.81. The van der Waals surface area contributed by atoms with Crippen LogP contribution in [0.25, 0.3) is 0 Å². The van der Waals surface area contributed by atoms with Gasteiger partial charge in [-0.15, -0.1) is 11.3 Å². The Labute approximate surface area is 130 Å². The van der Waals surface area contributed by atoms with Gasteiger partial charge in [-0.3, -0.25) is 9.59 Å². The third-order valence-corrected chi connectivity index (χ3v) is 4.84. The van der Waals surface area contributed by atoms with Crippen molar-refractivity contribution in [3.8, 4) is 0 Å². The minimum absolute atomic E-state index is 0.000510. The van der Waals surface area contributed by atoms with Crippen molar-refractivity contribution < 1.29 is 9.59 Å². The molecule has 20 heavy (non-hydrogen) atoms. The number of carbonyl (C=O) groups excluding carboxylic acids is 2. The molecule has 1 aliphatic heterocycles. The van der Waals surface area contributed by atoms with E-state index in [1.807, 2.05) is 11.4 Å². The summed E-state index contributed by atoms with van der Waals surface area (Å²) in [6, 6.07) is 1.82. The molecule has 1 aromatic heterocycles. The first-order valence-corrected chi connectivity index (χ1v) is 8.30. The molecule has 2 heterocycles. The molecule has 7 heteroatoms. The number of carbonyl (C=O) groups is 2. The number of thiophene rings is 1. The second-order valence-corrected chi connectivity index (χ2v) is 7.10. The van der Waals surface area contributed by atoms with Crippen molar-refractivity contribution in [3.63, 3.8) is 0 Å². The molecule has 2 rings (SSSR count). The van der Waals surface area contributed by atoms with Gasteiger partial charge >= 0.3 is 0 Å². The summed E-state index contributed by atoms with van der Waals surface area (Å²) >= 11 is 4.85. The first-order valence-electron chi connectivity index (χ1n) is 6.63. The number of nitrogens with one attached hydrogen (secondary N) is 1. The zero-order valence-electron chi connectivity index (χ0n) is 11.1. The quantitative estimate of drug-likeness (QED) is 0.853. The van der Waals surface area contributed by atoms with Gasteiger partial charge in [0.1, 0.15) is 0 Å². The number of nitrogens with zero attached hydrogens (tertiary/aromatic N) is 1. The molecule has 1 aliphatic rings. The fourth-order valence-corrected chi connectivity index (χ4v) is 3.45. The molecule has 3 N–H and O–H groups in total. The van der Waals surface area contributed by atoms with E-state index in [0.717, 1.165) is 16.6 Å². The Bertz CT molecular complexity index is 492. The molecule has 0 bridgehead atoms. The highest BCUT2D eigenvalue weighted by Gasteiger charge is 2.28. The number of piperidine rings is 1. The lowest BCUT2D eigenvalue weighted by Crippen LogP contribution is -2.46. The van der Waals surface area contributed by atoms with Gasteiger partial charge in [-0.1, -0.05) is 0 Å². The summed E-state index contributed by atoms with van der Waals surface area (Å²) in [6.07, 6.45) is 1.69. The first kappa shape index (κ1) is 15.5. The summed E-state index contributed by atoms with van der Waals surface area (Å²) in [7, 11) is 0. The van der Waals surface area contributed by atoms with Gasteiger partial charge in [0.25, 0.3) is 5.91 Å². The monoisotopic (exact) mass is 359 g/mol. The molecule has 0 radical (unpaired) electrons. The molecule has 1 aromatic rings. The third kappa shape index (κ3) is 3.80. The lowest BCUT2D eigenvalue weighted by molar-refractivity contribution is -0.126. The molecule has 1 unspecified atom stereocenters. The predicted octanol–water partition coefficient (Wildman–Crippen LogP) is 1.44. The Balaban J connectivity index is 1.96. The van der Waals surface area contributed by atoms with Crippen LogP contribution in [-0.2, 0) is 4.79 Å². The van der Waals surface area contributed by atoms with Crippen molar-refractivity contribution in [3.05, 3.63) is 20.8 Å². The van der Waals surface area contributed by atoms with E-state index in [9.17, 15) is 9.59 Å². The van der Waals surface area contributed by atoms with Gasteiger partial charge in [0.15, 0.2) is 0 Å². The molecule has 0 saturated carbocycles. The first-order chi connectivity index (χ1) is 9.61. The fraction of sp³-hybridized carbons (Fsp3) is 0.538. The maximum Gasteiger partial charge on any atom is 0.254 e. The van der Waals surface area contributed by atoms with Crippen molar-refractivity contribution in [2.75, 3.05) is 26.2 Å². The minimum atomic E-state index is -0.124. The molecule has 1 fully saturated rings. The lowest BCUT2D eigenvalue weighted by atomic mass is 9.96. The molecule has 0 aromatic carbocycles. The SMILES string of the molecule is NCCNC(=O)C1CCCN(C(=O)c2csc(Br)c2)C1. The number of nitrogens with two attached hydrogens (primary N) is 1. The molecule has 0 aliphatic carbocycles. The lowest BCUT2D eigenvalue weighted by Gasteiger charge is -2.31. The van der Waals surface area contributed by atoms with E-state index in [4.69, 9.17) is 5.73 Å². The fourth-order valence-electron chi connectivity index (χ4n) is 2.32. The van der Waals surface area contributed by atoms with Crippen molar-refractivity contribution in [2.45, 2.75) is 12.8 Å². The van der Waals surface area contributed by atoms with Gasteiger partial charge in [-0.2, -0.15) is 0 Å². The zero-order valence-corrected chi connectivity index (χ0v) is 13.5. The molecule has 0 spiro atoms. The van der Waals surface area contributed by atoms with E-state index in [1.54, 1.807) is 4.90 Å². The smallest absolute Gasteiger partial charge is 0.254 e. The van der Waals surface area contributed by atoms with Crippen LogP contribution >= 0.6 is 27.3 Å². The summed E-state index contributed by atoms with van der Waals surface area (Å²) in [5.41, 5.74) is 6.06. The van der Waals surface area contributed by atoms with Gasteiger partial charge < -0.3 is 16.0 Å². The second kappa shape index (κ2) is 7.19. The molecular weight excluding hydrogens is 342 g/mol. The molecule has 1 atom stereocenters. The van der Waals surface area contributed by atoms with E-state index in [1.165, 1.54) is 11.3 Å². The largest absolute Gasteiger partial charge is 0.355 e. The van der Waals surface area contributed by atoms with E-state index < -0.39 is 0 Å². The van der Waals surface area contributed by atoms with Crippen molar-refractivity contribution in [2.24, 2.45) is 11.7 Å². The van der Waals surface area contributed by atoms with Gasteiger partial charge in [0.05, 0.1) is 15.3 Å². The minimum Gasteiger partial charge on any atom is -0.355 e. The number of hydrogen-bond donors (Lipinski definition) is 2. The Morgan fingerprint density at radius 1 is 1.55 bits per heavy atom. The van der Waals surface area contributed by atoms with Gasteiger partial charge in [0.2, 0.25) is 5.91 Å². The highest BCUT2D eigenvalue weighted by atomic mass is 79.9. The summed E-state index contributed by atoms with van der Waals surface area (Å²) in [5, 5.41) is 4.64. The van der Waals surface area contributed by atoms with Crippen LogP contribution in [0, 0.1) is 5.92 Å². The Morgan fingerprint density at radius 3 is 3.00 bits per heavy atom. The number of halogens is 1. The van der Waals surface area contributed by atoms with E-state index in [-0.39, 0.29) is 17.7 Å². The van der Waals surface area contributed by atoms with Crippen LogP contribution in [0.1, 0.15) is 23.2 Å². The van der Waals surface area contributed by atoms with Crippen LogP contribution in [0.15, 0.2) is 15.2 Å². The van der Waals surface area contributed by atoms with Crippen LogP contribution in [0.4, 0.5) is 0 Å². The van der Waals surface area contributed by atoms with Crippen molar-refractivity contribution in [1.29, 1.82) is 0 Å². The molecule has 2 amide bonds. The van der Waals surface area contributed by atoms with Crippen molar-refractivity contribution >= 4 is 39.1 Å². The van der Waals surface area contributed by atoms with E-state index in [0.29, 0.717) is 31.7 Å². The van der Waals surface area contributed by atoms with Gasteiger partial charge in [-0.25, -0.2) is 0 Å². The third-order valence-electron chi connectivity index (χ3n) is 3.34. The maximum absolute atomic E-state index is 12.4. The van der Waals surface area contributed by atoms with Crippen LogP contribution in [0.5, 0.6) is 0 Å². The topological polar surface area (TPSA) is 75.4 Å². The standard InChI is InChI=1S/C13H18BrN3O2S/c14-11-6-10(8-20-11)13(19)17-5-1-2-9(7-17)12(18)16-4-3-15/h6,8-9H,1-5,7,15H2,(H,16,18). The highest BCUT2D eigenvalue weighted by molar-refractivity contribution is 9.11. The number of rotatable bonds is 4. The van der Waals surface area contributed by atoms with Crippen LogP contribution < -0.4 is 11.1 Å². The Morgan fingerprint density at radius 2 is 2.35 bits per heavy atom. The Kier molecular flexibility index (Phi) is 5.56. The van der Waals surface area contributed by atoms with Crippen molar-refractivity contribution in [1.82, 2.24) is 10.2 Å². The number of likely N-dealkylation sites (tertiary alicyclic amines) is 1. The summed E-state index contributed by atoms with van der Waals surface area (Å²) < 4.78 is 0.940. The summed E-state index contributed by atoms with van der Waals surface area (Å²) in [4.78, 5) is 26.1. The van der Waals surface area contributed by atoms with Gasteiger partial charge in [0, 0.05) is 31.6 Å². The average Bonchev–Trinajstić information content (AvgIpc) is 2.90. The van der Waals surface area contributed by atoms with Crippen LogP contribution in [-0.4, -0.2) is 42.9 Å². The number of amides is 2. The summed E-state index contributed by atoms with van der Waals surface area (Å²) in [6.45, 7) is 2.13. The van der Waals surface area contributed by atoms with Crippen LogP contribution in [0.3, 0.4) is 0 Å². The summed E-state index contributed by atoms with van der Waals surface area (Å²) in [5.74, 6) is -0.121. The van der Waals surface area contributed by atoms with Gasteiger partial charge in [-0.05, 0) is 34.8 Å². The van der Waals surface area contributed by atoms with Crippen LogP contribution in [0.2, 0.25) is 0 Å². The number of hydrogen-bond acceptors (Lipinski definition) is 4. The maximum atomic E-state index is 12.4. The van der Waals surface area contributed by atoms with E-state index >= 15 is 0 Å². The molecule has 1 saturated heterocycles. The molecule has 5 nitrogen and oxygen atoms in total. The Hall–Kier alpha value is -0.920. The molecule has 110 valence electrons. The zero-order chi connectivity index (χ0) is 14.5.